The smallest absolute Gasteiger partial charge is 0.279 e. The number of nitrogens with two attached hydrogens (primary N) is 1. The number of ether oxygens (including phenoxy) is 2. The SMILES string of the molecule is CN/C=C\C(N)=NC(=O)c1cc(Oc2ncc(C(=O)N3CCC3)s2)cc(OC(C)C)c1. The van der Waals surface area contributed by atoms with Crippen molar-refractivity contribution in [2.75, 3.05) is 20.1 Å². The van der Waals surface area contributed by atoms with Gasteiger partial charge in [-0.15, -0.1) is 0 Å². The number of aromatic nitrogens is 1. The van der Waals surface area contributed by atoms with Crippen molar-refractivity contribution in [3.05, 3.63) is 47.1 Å². The summed E-state index contributed by atoms with van der Waals surface area (Å²) in [5.74, 6) is 0.268. The fraction of sp³-hybridized carbons (Fsp3) is 0.333. The lowest BCUT2D eigenvalue weighted by atomic mass is 10.2. The Morgan fingerprint density at radius 3 is 2.68 bits per heavy atom. The molecular weight excluding hydrogens is 418 g/mol. The fourth-order valence-corrected chi connectivity index (χ4v) is 3.42. The van der Waals surface area contributed by atoms with E-state index in [1.54, 1.807) is 30.3 Å². The van der Waals surface area contributed by atoms with E-state index in [1.807, 2.05) is 13.8 Å². The summed E-state index contributed by atoms with van der Waals surface area (Å²) in [7, 11) is 1.71. The minimum atomic E-state index is -0.537. The minimum Gasteiger partial charge on any atom is -0.491 e. The van der Waals surface area contributed by atoms with Crippen molar-refractivity contribution in [1.82, 2.24) is 15.2 Å². The van der Waals surface area contributed by atoms with Crippen LogP contribution in [0.4, 0.5) is 0 Å². The number of aliphatic imine (C=N–C) groups is 1. The molecular formula is C21H25N5O4S. The van der Waals surface area contributed by atoms with Crippen molar-refractivity contribution < 1.29 is 19.1 Å². The Hall–Kier alpha value is -3.40. The molecule has 0 unspecified atom stereocenters. The molecule has 3 N–H and O–H groups in total. The Morgan fingerprint density at radius 1 is 1.29 bits per heavy atom. The molecule has 164 valence electrons. The zero-order chi connectivity index (χ0) is 22.4. The van der Waals surface area contributed by atoms with Gasteiger partial charge >= 0.3 is 0 Å². The standard InChI is InChI=1S/C21H25N5O4S/c1-13(2)29-15-9-14(19(27)25-18(22)5-6-23-3)10-16(11-15)30-21-24-12-17(31-21)20(28)26-7-4-8-26/h5-6,9-13,23H,4,7-8H2,1-3H3,(H2,22,25,27)/b6-5-. The molecule has 3 rings (SSSR count). The number of carbonyl (C=O) groups excluding carboxylic acids is 2. The summed E-state index contributed by atoms with van der Waals surface area (Å²) in [5, 5.41) is 3.07. The Morgan fingerprint density at radius 2 is 2.03 bits per heavy atom. The first-order chi connectivity index (χ1) is 14.9. The third-order valence-corrected chi connectivity index (χ3v) is 5.06. The second-order valence-electron chi connectivity index (χ2n) is 7.06. The van der Waals surface area contributed by atoms with Gasteiger partial charge in [-0.05, 0) is 44.7 Å². The van der Waals surface area contributed by atoms with Crippen LogP contribution in [-0.2, 0) is 0 Å². The number of nitrogens with one attached hydrogen (secondary N) is 1. The largest absolute Gasteiger partial charge is 0.491 e. The lowest BCUT2D eigenvalue weighted by Crippen LogP contribution is -2.41. The molecule has 10 heteroatoms. The molecule has 0 atom stereocenters. The molecule has 1 fully saturated rings. The average molecular weight is 444 g/mol. The molecule has 2 amide bonds. The zero-order valence-electron chi connectivity index (χ0n) is 17.6. The van der Waals surface area contributed by atoms with Crippen LogP contribution in [0.2, 0.25) is 0 Å². The van der Waals surface area contributed by atoms with Crippen LogP contribution >= 0.6 is 11.3 Å². The summed E-state index contributed by atoms with van der Waals surface area (Å²) in [6.07, 6.45) is 5.47. The number of amidine groups is 1. The number of likely N-dealkylation sites (tertiary alicyclic amines) is 1. The first-order valence-corrected chi connectivity index (χ1v) is 10.6. The van der Waals surface area contributed by atoms with Crippen LogP contribution in [-0.4, -0.2) is 53.8 Å². The zero-order valence-corrected chi connectivity index (χ0v) is 18.4. The van der Waals surface area contributed by atoms with E-state index >= 15 is 0 Å². The molecule has 0 saturated carbocycles. The monoisotopic (exact) mass is 443 g/mol. The normalized spacial score (nSPS) is 13.9. The van der Waals surface area contributed by atoms with Crippen molar-refractivity contribution >= 4 is 29.0 Å². The molecule has 0 bridgehead atoms. The number of thiazole rings is 1. The third-order valence-electron chi connectivity index (χ3n) is 4.19. The van der Waals surface area contributed by atoms with E-state index in [4.69, 9.17) is 15.2 Å². The van der Waals surface area contributed by atoms with Gasteiger partial charge in [-0.1, -0.05) is 11.3 Å². The fourth-order valence-electron chi connectivity index (χ4n) is 2.66. The van der Waals surface area contributed by atoms with Gasteiger partial charge in [0, 0.05) is 31.8 Å². The van der Waals surface area contributed by atoms with Gasteiger partial charge in [-0.3, -0.25) is 9.59 Å². The highest BCUT2D eigenvalue weighted by molar-refractivity contribution is 7.15. The van der Waals surface area contributed by atoms with Crippen LogP contribution < -0.4 is 20.5 Å². The molecule has 1 saturated heterocycles. The lowest BCUT2D eigenvalue weighted by Gasteiger charge is -2.30. The van der Waals surface area contributed by atoms with Crippen LogP contribution in [0.1, 0.15) is 40.3 Å². The van der Waals surface area contributed by atoms with E-state index in [9.17, 15) is 9.59 Å². The van der Waals surface area contributed by atoms with Crippen LogP contribution in [0.5, 0.6) is 16.7 Å². The second kappa shape index (κ2) is 10.1. The lowest BCUT2D eigenvalue weighted by molar-refractivity contribution is 0.0656. The summed E-state index contributed by atoms with van der Waals surface area (Å²) in [5.41, 5.74) is 6.00. The highest BCUT2D eigenvalue weighted by Crippen LogP contribution is 2.31. The maximum Gasteiger partial charge on any atom is 0.279 e. The molecule has 9 nitrogen and oxygen atoms in total. The van der Waals surface area contributed by atoms with Gasteiger partial charge in [0.25, 0.3) is 17.0 Å². The second-order valence-corrected chi connectivity index (χ2v) is 8.05. The van der Waals surface area contributed by atoms with E-state index in [2.05, 4.69) is 15.3 Å². The van der Waals surface area contributed by atoms with Gasteiger partial charge in [-0.2, -0.15) is 4.99 Å². The highest BCUT2D eigenvalue weighted by atomic mass is 32.1. The third kappa shape index (κ3) is 6.05. The van der Waals surface area contributed by atoms with Crippen LogP contribution in [0.15, 0.2) is 41.7 Å². The predicted molar refractivity (Wildman–Crippen MR) is 119 cm³/mol. The molecule has 0 aliphatic carbocycles. The van der Waals surface area contributed by atoms with Gasteiger partial charge in [0.2, 0.25) is 0 Å². The number of benzene rings is 1. The Labute approximate surface area is 184 Å². The molecule has 0 spiro atoms. The number of hydrogen-bond acceptors (Lipinski definition) is 7. The van der Waals surface area contributed by atoms with Gasteiger partial charge in [0.05, 0.1) is 12.3 Å². The first-order valence-electron chi connectivity index (χ1n) is 9.82. The first kappa shape index (κ1) is 22.3. The van der Waals surface area contributed by atoms with Crippen molar-refractivity contribution in [2.24, 2.45) is 10.7 Å². The molecule has 1 aliphatic rings. The van der Waals surface area contributed by atoms with Crippen LogP contribution in [0, 0.1) is 0 Å². The number of amides is 2. The number of hydrogen-bond donors (Lipinski definition) is 2. The van der Waals surface area contributed by atoms with Crippen molar-refractivity contribution in [2.45, 2.75) is 26.4 Å². The van der Waals surface area contributed by atoms with Crippen LogP contribution in [0.3, 0.4) is 0 Å². The number of carbonyl (C=O) groups is 2. The molecule has 1 aliphatic heterocycles. The topological polar surface area (TPSA) is 119 Å². The van der Waals surface area contributed by atoms with E-state index in [-0.39, 0.29) is 23.4 Å². The van der Waals surface area contributed by atoms with Gasteiger partial charge in [0.1, 0.15) is 22.2 Å². The molecule has 0 radical (unpaired) electrons. The summed E-state index contributed by atoms with van der Waals surface area (Å²) in [6, 6.07) is 4.77. The maximum atomic E-state index is 12.6. The molecule has 1 aromatic carbocycles. The van der Waals surface area contributed by atoms with Crippen molar-refractivity contribution in [3.8, 4) is 16.7 Å². The number of nitrogens with zero attached hydrogens (tertiary/aromatic N) is 3. The summed E-state index contributed by atoms with van der Waals surface area (Å²) < 4.78 is 11.6. The molecule has 2 aromatic rings. The predicted octanol–water partition coefficient (Wildman–Crippen LogP) is 2.80. The van der Waals surface area contributed by atoms with Gasteiger partial charge < -0.3 is 25.4 Å². The Balaban J connectivity index is 1.83. The van der Waals surface area contributed by atoms with Crippen molar-refractivity contribution in [1.29, 1.82) is 0 Å². The van der Waals surface area contributed by atoms with Gasteiger partial charge in [0.15, 0.2) is 0 Å². The Kier molecular flexibility index (Phi) is 7.24. The van der Waals surface area contributed by atoms with Crippen molar-refractivity contribution in [3.63, 3.8) is 0 Å². The van der Waals surface area contributed by atoms with E-state index < -0.39 is 5.91 Å². The average Bonchev–Trinajstić information content (AvgIpc) is 3.12. The Bertz CT molecular complexity index is 1010. The number of rotatable bonds is 8. The molecule has 31 heavy (non-hydrogen) atoms. The summed E-state index contributed by atoms with van der Waals surface area (Å²) in [6.45, 7) is 5.28. The summed E-state index contributed by atoms with van der Waals surface area (Å²) in [4.78, 5) is 35.2. The molecule has 2 heterocycles. The van der Waals surface area contributed by atoms with E-state index in [0.717, 1.165) is 30.8 Å². The van der Waals surface area contributed by atoms with E-state index in [0.29, 0.717) is 21.6 Å². The minimum absolute atomic E-state index is 0.0502. The van der Waals surface area contributed by atoms with Crippen LogP contribution in [0.25, 0.3) is 0 Å². The highest BCUT2D eigenvalue weighted by Gasteiger charge is 2.24. The molecule has 1 aromatic heterocycles. The quantitative estimate of drug-likeness (QED) is 0.476. The van der Waals surface area contributed by atoms with E-state index in [1.165, 1.54) is 18.3 Å². The summed E-state index contributed by atoms with van der Waals surface area (Å²) >= 11 is 1.15. The maximum absolute atomic E-state index is 12.6. The van der Waals surface area contributed by atoms with Gasteiger partial charge in [-0.25, -0.2) is 4.98 Å².